The van der Waals surface area contributed by atoms with Crippen LogP contribution in [0, 0.1) is 0 Å². The predicted molar refractivity (Wildman–Crippen MR) is 117 cm³/mol. The second-order valence-corrected chi connectivity index (χ2v) is 7.14. The molecule has 10 heteroatoms. The first kappa shape index (κ1) is 21.8. The number of nitrogens with one attached hydrogen (secondary N) is 4. The van der Waals surface area contributed by atoms with Crippen molar-refractivity contribution in [2.75, 3.05) is 12.4 Å². The highest BCUT2D eigenvalue weighted by Crippen LogP contribution is 2.24. The Morgan fingerprint density at radius 1 is 0.903 bits per heavy atom. The highest BCUT2D eigenvalue weighted by atomic mass is 32.2. The smallest absolute Gasteiger partial charge is 0.337 e. The molecule has 0 bridgehead atoms. The van der Waals surface area contributed by atoms with E-state index in [0.29, 0.717) is 27.7 Å². The minimum Gasteiger partial charge on any atom is -0.354 e. The number of benzene rings is 1. The van der Waals surface area contributed by atoms with E-state index in [4.69, 9.17) is 0 Å². The number of hydrogen-bond donors (Lipinski definition) is 4. The van der Waals surface area contributed by atoms with Crippen molar-refractivity contribution >= 4 is 35.3 Å². The van der Waals surface area contributed by atoms with Crippen molar-refractivity contribution in [3.8, 4) is 0 Å². The van der Waals surface area contributed by atoms with Crippen molar-refractivity contribution < 1.29 is 14.4 Å². The average molecular weight is 436 g/mol. The van der Waals surface area contributed by atoms with E-state index in [1.54, 1.807) is 68.0 Å². The number of nitrogens with zero attached hydrogens (tertiary/aromatic N) is 2. The van der Waals surface area contributed by atoms with Crippen LogP contribution in [-0.2, 0) is 5.75 Å². The predicted octanol–water partition coefficient (Wildman–Crippen LogP) is 2.60. The molecule has 1 aromatic carbocycles. The van der Waals surface area contributed by atoms with E-state index in [9.17, 15) is 14.4 Å². The van der Waals surface area contributed by atoms with Crippen molar-refractivity contribution in [3.63, 3.8) is 0 Å². The molecule has 0 aliphatic carbocycles. The van der Waals surface area contributed by atoms with E-state index < -0.39 is 11.9 Å². The maximum atomic E-state index is 12.5. The molecule has 0 aliphatic heterocycles. The van der Waals surface area contributed by atoms with Crippen molar-refractivity contribution in [1.29, 1.82) is 0 Å². The molecular weight excluding hydrogens is 416 g/mol. The van der Waals surface area contributed by atoms with Crippen LogP contribution in [0.15, 0.2) is 72.0 Å². The van der Waals surface area contributed by atoms with Crippen LogP contribution in [-0.4, -0.2) is 34.9 Å². The first-order valence-electron chi connectivity index (χ1n) is 9.24. The molecule has 31 heavy (non-hydrogen) atoms. The Bertz CT molecular complexity index is 1080. The third-order valence-electron chi connectivity index (χ3n) is 4.00. The molecule has 4 N–H and O–H groups in total. The Hall–Kier alpha value is -3.92. The van der Waals surface area contributed by atoms with Gasteiger partial charge < -0.3 is 10.6 Å². The van der Waals surface area contributed by atoms with Gasteiger partial charge in [-0.05, 0) is 42.0 Å². The summed E-state index contributed by atoms with van der Waals surface area (Å²) in [5.74, 6) is -0.296. The van der Waals surface area contributed by atoms with Gasteiger partial charge in [-0.15, -0.1) is 11.8 Å². The summed E-state index contributed by atoms with van der Waals surface area (Å²) in [5.41, 5.74) is 6.77. The van der Waals surface area contributed by atoms with Crippen molar-refractivity contribution in [2.24, 2.45) is 0 Å². The van der Waals surface area contributed by atoms with Gasteiger partial charge in [-0.25, -0.2) is 15.2 Å². The monoisotopic (exact) mass is 436 g/mol. The number of carbonyl (C=O) groups is 3. The van der Waals surface area contributed by atoms with Gasteiger partial charge in [0.2, 0.25) is 0 Å². The first-order chi connectivity index (χ1) is 15.1. The van der Waals surface area contributed by atoms with Gasteiger partial charge in [-0.1, -0.05) is 18.2 Å². The van der Waals surface area contributed by atoms with Crippen molar-refractivity contribution in [2.45, 2.75) is 10.8 Å². The van der Waals surface area contributed by atoms with Crippen LogP contribution in [0.3, 0.4) is 0 Å². The molecule has 2 aromatic heterocycles. The number of hydrogen-bond acceptors (Lipinski definition) is 6. The van der Waals surface area contributed by atoms with E-state index in [1.165, 1.54) is 11.8 Å². The number of carbonyl (C=O) groups excluding carboxylic acids is 3. The molecule has 9 nitrogen and oxygen atoms in total. The normalized spacial score (nSPS) is 10.1. The van der Waals surface area contributed by atoms with Gasteiger partial charge in [0.05, 0.1) is 5.56 Å². The lowest BCUT2D eigenvalue weighted by molar-refractivity contribution is 0.0932. The number of pyridine rings is 2. The number of urea groups is 1. The van der Waals surface area contributed by atoms with Gasteiger partial charge in [0, 0.05) is 30.9 Å². The van der Waals surface area contributed by atoms with Gasteiger partial charge in [0.15, 0.2) is 0 Å². The molecule has 0 aliphatic rings. The third kappa shape index (κ3) is 6.28. The average Bonchev–Trinajstić information content (AvgIpc) is 2.81. The van der Waals surface area contributed by atoms with Crippen LogP contribution in [0.2, 0.25) is 0 Å². The van der Waals surface area contributed by atoms with Crippen LogP contribution >= 0.6 is 11.8 Å². The van der Waals surface area contributed by atoms with E-state index >= 15 is 0 Å². The summed E-state index contributed by atoms with van der Waals surface area (Å²) in [6, 6.07) is 15.0. The van der Waals surface area contributed by atoms with Gasteiger partial charge in [-0.2, -0.15) is 0 Å². The second-order valence-electron chi connectivity index (χ2n) is 6.17. The molecule has 3 aromatic rings. The van der Waals surface area contributed by atoms with Gasteiger partial charge in [0.25, 0.3) is 11.8 Å². The van der Waals surface area contributed by atoms with E-state index in [2.05, 4.69) is 31.5 Å². The zero-order chi connectivity index (χ0) is 22.1. The SMILES string of the molecule is CNC(=O)c1cc(CSc2ncccc2C(=O)NNC(=O)Nc2ccccc2)ccn1. The highest BCUT2D eigenvalue weighted by molar-refractivity contribution is 7.98. The Balaban J connectivity index is 1.60. The van der Waals surface area contributed by atoms with Crippen molar-refractivity contribution in [3.05, 3.63) is 83.8 Å². The quantitative estimate of drug-likeness (QED) is 0.348. The number of hydrazine groups is 1. The first-order valence-corrected chi connectivity index (χ1v) is 10.2. The zero-order valence-corrected chi connectivity index (χ0v) is 17.4. The number of para-hydroxylation sites is 1. The summed E-state index contributed by atoms with van der Waals surface area (Å²) in [4.78, 5) is 44.5. The third-order valence-corrected chi connectivity index (χ3v) is 5.07. The number of amides is 4. The summed E-state index contributed by atoms with van der Waals surface area (Å²) in [6.07, 6.45) is 3.14. The lowest BCUT2D eigenvalue weighted by Crippen LogP contribution is -2.44. The maximum absolute atomic E-state index is 12.5. The standard InChI is InChI=1S/C21H20N6O3S/c1-22-19(29)17-12-14(9-11-23-17)13-31-20-16(8-5-10-24-20)18(28)26-27-21(30)25-15-6-3-2-4-7-15/h2-12H,13H2,1H3,(H,22,29)(H,26,28)(H2,25,27,30). The molecule has 158 valence electrons. The molecule has 0 unspecified atom stereocenters. The molecule has 3 rings (SSSR count). The fourth-order valence-corrected chi connectivity index (χ4v) is 3.45. The summed E-state index contributed by atoms with van der Waals surface area (Å²) in [7, 11) is 1.54. The molecule has 2 heterocycles. The molecule has 0 saturated carbocycles. The second kappa shape index (κ2) is 10.7. The van der Waals surface area contributed by atoms with Gasteiger partial charge >= 0.3 is 6.03 Å². The van der Waals surface area contributed by atoms with Crippen LogP contribution < -0.4 is 21.5 Å². The molecule has 0 spiro atoms. The maximum Gasteiger partial charge on any atom is 0.337 e. The Kier molecular flexibility index (Phi) is 7.55. The summed E-state index contributed by atoms with van der Waals surface area (Å²) in [6.45, 7) is 0. The van der Waals surface area contributed by atoms with Crippen LogP contribution in [0.5, 0.6) is 0 Å². The van der Waals surface area contributed by atoms with E-state index in [1.807, 2.05) is 6.07 Å². The largest absolute Gasteiger partial charge is 0.354 e. The van der Waals surface area contributed by atoms with Gasteiger partial charge in [-0.3, -0.25) is 20.0 Å². The van der Waals surface area contributed by atoms with E-state index in [0.717, 1.165) is 5.56 Å². The van der Waals surface area contributed by atoms with Crippen molar-refractivity contribution in [1.82, 2.24) is 26.1 Å². The summed E-state index contributed by atoms with van der Waals surface area (Å²) in [5, 5.41) is 5.63. The van der Waals surface area contributed by atoms with Gasteiger partial charge in [0.1, 0.15) is 10.7 Å². The lowest BCUT2D eigenvalue weighted by atomic mass is 10.2. The zero-order valence-electron chi connectivity index (χ0n) is 16.6. The molecule has 0 atom stereocenters. The van der Waals surface area contributed by atoms with E-state index in [-0.39, 0.29) is 5.91 Å². The summed E-state index contributed by atoms with van der Waals surface area (Å²) >= 11 is 1.33. The molecule has 0 radical (unpaired) electrons. The molecular formula is C21H20N6O3S. The number of aromatic nitrogens is 2. The van der Waals surface area contributed by atoms with Crippen LogP contribution in [0.1, 0.15) is 26.4 Å². The Morgan fingerprint density at radius 3 is 2.48 bits per heavy atom. The molecule has 0 fully saturated rings. The summed E-state index contributed by atoms with van der Waals surface area (Å²) < 4.78 is 0. The minimum atomic E-state index is -0.573. The minimum absolute atomic E-state index is 0.274. The highest BCUT2D eigenvalue weighted by Gasteiger charge is 2.14. The molecule has 4 amide bonds. The number of thioether (sulfide) groups is 1. The molecule has 0 saturated heterocycles. The Morgan fingerprint density at radius 2 is 1.71 bits per heavy atom. The van der Waals surface area contributed by atoms with Crippen LogP contribution in [0.4, 0.5) is 10.5 Å². The Labute approximate surface area is 183 Å². The number of rotatable bonds is 6. The number of anilines is 1. The fraction of sp³-hybridized carbons (Fsp3) is 0.0952. The van der Waals surface area contributed by atoms with Crippen LogP contribution in [0.25, 0.3) is 0 Å². The topological polar surface area (TPSA) is 125 Å². The fourth-order valence-electron chi connectivity index (χ4n) is 2.51. The lowest BCUT2D eigenvalue weighted by Gasteiger charge is -2.11.